The van der Waals surface area contributed by atoms with Crippen molar-refractivity contribution in [1.82, 2.24) is 0 Å². The summed E-state index contributed by atoms with van der Waals surface area (Å²) in [6, 6.07) is 6.50. The summed E-state index contributed by atoms with van der Waals surface area (Å²) in [5.74, 6) is 1.16. The Kier molecular flexibility index (Phi) is 4.21. The molecule has 0 spiro atoms. The van der Waals surface area contributed by atoms with Crippen molar-refractivity contribution in [3.05, 3.63) is 46.5 Å². The quantitative estimate of drug-likeness (QED) is 0.722. The summed E-state index contributed by atoms with van der Waals surface area (Å²) in [6.07, 6.45) is 7.75. The van der Waals surface area contributed by atoms with Crippen LogP contribution in [0.1, 0.15) is 50.7 Å². The number of methoxy groups -OCH3 is 2. The molecule has 0 aliphatic heterocycles. The molecule has 0 heterocycles. The number of ether oxygens (including phenoxy) is 2. The molecule has 0 fully saturated rings. The molecule has 26 heavy (non-hydrogen) atoms. The first-order valence-corrected chi connectivity index (χ1v) is 9.67. The van der Waals surface area contributed by atoms with Crippen molar-refractivity contribution < 1.29 is 14.3 Å². The standard InChI is InChI=1S/C23H28O3/c1-14(22(24)26-4)20-9-10-21-19-7-5-15-13-16(25-3)6-8-17(15)18(19)11-12-23(20,21)2/h6,8,10,13-14,20H,5,7,9,11-12H2,1-4H3/t14?,20-,23-/m1/s1. The van der Waals surface area contributed by atoms with Crippen molar-refractivity contribution in [2.45, 2.75) is 46.0 Å². The highest BCUT2D eigenvalue weighted by Crippen LogP contribution is 2.59. The first kappa shape index (κ1) is 17.4. The Morgan fingerprint density at radius 2 is 2.00 bits per heavy atom. The molecule has 0 radical (unpaired) electrons. The molecule has 138 valence electrons. The zero-order valence-electron chi connectivity index (χ0n) is 16.2. The Labute approximate surface area is 156 Å². The maximum atomic E-state index is 12.2. The lowest BCUT2D eigenvalue weighted by atomic mass is 9.60. The fourth-order valence-corrected chi connectivity index (χ4v) is 5.57. The number of rotatable bonds is 3. The predicted molar refractivity (Wildman–Crippen MR) is 103 cm³/mol. The van der Waals surface area contributed by atoms with E-state index in [0.717, 1.165) is 37.9 Å². The largest absolute Gasteiger partial charge is 0.497 e. The monoisotopic (exact) mass is 352 g/mol. The molecule has 3 atom stereocenters. The van der Waals surface area contributed by atoms with E-state index in [9.17, 15) is 4.79 Å². The highest BCUT2D eigenvalue weighted by atomic mass is 16.5. The zero-order chi connectivity index (χ0) is 18.5. The topological polar surface area (TPSA) is 35.5 Å². The second-order valence-corrected chi connectivity index (χ2v) is 8.17. The third kappa shape index (κ3) is 2.44. The second kappa shape index (κ2) is 6.29. The summed E-state index contributed by atoms with van der Waals surface area (Å²) in [4.78, 5) is 12.2. The van der Waals surface area contributed by atoms with Crippen LogP contribution in [-0.2, 0) is 16.0 Å². The summed E-state index contributed by atoms with van der Waals surface area (Å²) < 4.78 is 10.4. The van der Waals surface area contributed by atoms with Crippen molar-refractivity contribution in [2.75, 3.05) is 14.2 Å². The van der Waals surface area contributed by atoms with Gasteiger partial charge in [-0.25, -0.2) is 0 Å². The summed E-state index contributed by atoms with van der Waals surface area (Å²) in [7, 11) is 3.23. The minimum Gasteiger partial charge on any atom is -0.497 e. The van der Waals surface area contributed by atoms with Crippen LogP contribution in [0.3, 0.4) is 0 Å². The smallest absolute Gasteiger partial charge is 0.308 e. The number of hydrogen-bond acceptors (Lipinski definition) is 3. The molecule has 0 aromatic heterocycles. The van der Waals surface area contributed by atoms with Gasteiger partial charge in [0.25, 0.3) is 0 Å². The van der Waals surface area contributed by atoms with Gasteiger partial charge in [-0.15, -0.1) is 0 Å². The Bertz CT molecular complexity index is 817. The highest BCUT2D eigenvalue weighted by molar-refractivity contribution is 5.80. The number of esters is 1. The molecule has 1 aromatic carbocycles. The summed E-state index contributed by atoms with van der Waals surface area (Å²) in [5, 5.41) is 0. The van der Waals surface area contributed by atoms with Crippen LogP contribution in [0.5, 0.6) is 5.75 Å². The van der Waals surface area contributed by atoms with Gasteiger partial charge in [-0.3, -0.25) is 4.79 Å². The van der Waals surface area contributed by atoms with Crippen molar-refractivity contribution in [3.8, 4) is 5.75 Å². The molecule has 1 aromatic rings. The van der Waals surface area contributed by atoms with E-state index >= 15 is 0 Å². The Balaban J connectivity index is 1.71. The van der Waals surface area contributed by atoms with Gasteiger partial charge in [0.05, 0.1) is 20.1 Å². The van der Waals surface area contributed by atoms with Crippen molar-refractivity contribution in [1.29, 1.82) is 0 Å². The predicted octanol–water partition coefficient (Wildman–Crippen LogP) is 4.95. The van der Waals surface area contributed by atoms with Gasteiger partial charge in [0, 0.05) is 0 Å². The Morgan fingerprint density at radius 3 is 2.73 bits per heavy atom. The first-order valence-electron chi connectivity index (χ1n) is 9.67. The van der Waals surface area contributed by atoms with Crippen LogP contribution in [0.15, 0.2) is 35.4 Å². The van der Waals surface area contributed by atoms with Crippen molar-refractivity contribution in [3.63, 3.8) is 0 Å². The number of hydrogen-bond donors (Lipinski definition) is 0. The lowest BCUT2D eigenvalue weighted by Crippen LogP contribution is -2.36. The molecule has 0 saturated heterocycles. The molecule has 3 nitrogen and oxygen atoms in total. The molecule has 0 bridgehead atoms. The molecule has 0 saturated carbocycles. The number of aryl methyl sites for hydroxylation is 1. The normalized spacial score (nSPS) is 27.8. The van der Waals surface area contributed by atoms with Crippen molar-refractivity contribution in [2.24, 2.45) is 17.3 Å². The lowest BCUT2D eigenvalue weighted by Gasteiger charge is -2.43. The van der Waals surface area contributed by atoms with E-state index in [1.165, 1.54) is 35.0 Å². The van der Waals surface area contributed by atoms with E-state index in [-0.39, 0.29) is 17.3 Å². The number of carbonyl (C=O) groups is 1. The van der Waals surface area contributed by atoms with E-state index in [1.54, 1.807) is 7.11 Å². The zero-order valence-corrected chi connectivity index (χ0v) is 16.2. The fourth-order valence-electron chi connectivity index (χ4n) is 5.57. The van der Waals surface area contributed by atoms with Gasteiger partial charge < -0.3 is 9.47 Å². The van der Waals surface area contributed by atoms with Gasteiger partial charge in [-0.05, 0) is 83.4 Å². The summed E-state index contributed by atoms with van der Waals surface area (Å²) >= 11 is 0. The van der Waals surface area contributed by atoms with Crippen LogP contribution < -0.4 is 4.74 Å². The van der Waals surface area contributed by atoms with Crippen LogP contribution in [0.2, 0.25) is 0 Å². The highest BCUT2D eigenvalue weighted by Gasteiger charge is 2.49. The lowest BCUT2D eigenvalue weighted by molar-refractivity contribution is -0.148. The number of allylic oxidation sites excluding steroid dienone is 4. The summed E-state index contributed by atoms with van der Waals surface area (Å²) in [5.41, 5.74) is 7.46. The number of carbonyl (C=O) groups excluding carboxylic acids is 1. The molecule has 3 heteroatoms. The maximum absolute atomic E-state index is 12.2. The van der Waals surface area contributed by atoms with Gasteiger partial charge in [-0.1, -0.05) is 26.0 Å². The minimum atomic E-state index is -0.0771. The van der Waals surface area contributed by atoms with Gasteiger partial charge in [0.15, 0.2) is 0 Å². The molecule has 3 aliphatic rings. The third-order valence-corrected chi connectivity index (χ3v) is 7.05. The SMILES string of the molecule is COC(=O)C(C)[C@H]1CC=C2C3=C(CC[C@@]21C)c1ccc(OC)cc1CC3. The maximum Gasteiger partial charge on any atom is 0.308 e. The average molecular weight is 352 g/mol. The van der Waals surface area contributed by atoms with E-state index in [1.807, 2.05) is 6.92 Å². The number of fused-ring (bicyclic) bond motifs is 4. The van der Waals surface area contributed by atoms with Crippen LogP contribution in [0.4, 0.5) is 0 Å². The second-order valence-electron chi connectivity index (χ2n) is 8.17. The van der Waals surface area contributed by atoms with Gasteiger partial charge >= 0.3 is 5.97 Å². The molecule has 0 N–H and O–H groups in total. The van der Waals surface area contributed by atoms with Crippen LogP contribution >= 0.6 is 0 Å². The van der Waals surface area contributed by atoms with E-state index in [4.69, 9.17) is 9.47 Å². The minimum absolute atomic E-state index is 0.0546. The average Bonchev–Trinajstić information content (AvgIpc) is 3.03. The Morgan fingerprint density at radius 1 is 1.19 bits per heavy atom. The van der Waals surface area contributed by atoms with Gasteiger partial charge in [0.2, 0.25) is 0 Å². The molecular formula is C23H28O3. The van der Waals surface area contributed by atoms with Crippen molar-refractivity contribution >= 4 is 11.5 Å². The van der Waals surface area contributed by atoms with Gasteiger partial charge in [0.1, 0.15) is 5.75 Å². The molecule has 1 unspecified atom stereocenters. The van der Waals surface area contributed by atoms with Crippen LogP contribution in [0, 0.1) is 17.3 Å². The van der Waals surface area contributed by atoms with Gasteiger partial charge in [-0.2, -0.15) is 0 Å². The van der Waals surface area contributed by atoms with Crippen LogP contribution in [0.25, 0.3) is 5.57 Å². The van der Waals surface area contributed by atoms with E-state index in [0.29, 0.717) is 5.92 Å². The summed E-state index contributed by atoms with van der Waals surface area (Å²) in [6.45, 7) is 4.40. The third-order valence-electron chi connectivity index (χ3n) is 7.05. The molecule has 0 amide bonds. The fraction of sp³-hybridized carbons (Fsp3) is 0.522. The molecular weight excluding hydrogens is 324 g/mol. The van der Waals surface area contributed by atoms with E-state index in [2.05, 4.69) is 31.2 Å². The van der Waals surface area contributed by atoms with Crippen LogP contribution in [-0.4, -0.2) is 20.2 Å². The molecule has 3 aliphatic carbocycles. The Hall–Kier alpha value is -2.03. The molecule has 4 rings (SSSR count). The number of benzene rings is 1. The van der Waals surface area contributed by atoms with E-state index < -0.39 is 0 Å². The first-order chi connectivity index (χ1) is 12.5.